The van der Waals surface area contributed by atoms with Crippen molar-refractivity contribution in [1.29, 1.82) is 0 Å². The molecule has 0 fully saturated rings. The minimum Gasteiger partial charge on any atom is -0.353 e. The van der Waals surface area contributed by atoms with Crippen LogP contribution in [0.25, 0.3) is 26.4 Å². The zero-order chi connectivity index (χ0) is 14.4. The van der Waals surface area contributed by atoms with Crippen molar-refractivity contribution in [3.05, 3.63) is 60.0 Å². The van der Waals surface area contributed by atoms with E-state index in [-0.39, 0.29) is 5.82 Å². The van der Waals surface area contributed by atoms with Gasteiger partial charge in [0.25, 0.3) is 0 Å². The molecule has 0 aliphatic heterocycles. The van der Waals surface area contributed by atoms with Crippen molar-refractivity contribution >= 4 is 26.5 Å². The summed E-state index contributed by atoms with van der Waals surface area (Å²) in [6.45, 7) is 0.634. The van der Waals surface area contributed by atoms with Crippen LogP contribution in [0.4, 0.5) is 4.39 Å². The lowest BCUT2D eigenvalue weighted by Gasteiger charge is -2.01. The Morgan fingerprint density at radius 1 is 1.10 bits per heavy atom. The normalized spacial score (nSPS) is 11.5. The Morgan fingerprint density at radius 3 is 2.62 bits per heavy atom. The average molecular weight is 298 g/mol. The third-order valence-electron chi connectivity index (χ3n) is 3.60. The molecule has 0 saturated carbocycles. The van der Waals surface area contributed by atoms with Gasteiger partial charge in [0.2, 0.25) is 0 Å². The minimum atomic E-state index is -0.235. The molecule has 0 unspecified atom stereocenters. The third-order valence-corrected chi connectivity index (χ3v) is 4.63. The lowest BCUT2D eigenvalue weighted by molar-refractivity contribution is -0.387. The first-order valence-corrected chi connectivity index (χ1v) is 7.53. The van der Waals surface area contributed by atoms with Gasteiger partial charge in [-0.2, -0.15) is 0 Å². The molecule has 0 radical (unpaired) electrons. The number of hydrogen-bond donors (Lipinski definition) is 1. The topological polar surface area (TPSA) is 44.9 Å². The Morgan fingerprint density at radius 2 is 1.86 bits per heavy atom. The predicted octanol–water partition coefficient (Wildman–Crippen LogP) is 3.10. The van der Waals surface area contributed by atoms with E-state index in [9.17, 15) is 4.39 Å². The molecular weight excluding hydrogens is 285 g/mol. The SMILES string of the molecule is [NH3+]Cc1c(-c2ccc(F)cc2)nc2sc3ccccc3n12. The van der Waals surface area contributed by atoms with Crippen molar-refractivity contribution in [3.63, 3.8) is 0 Å². The number of benzene rings is 2. The highest BCUT2D eigenvalue weighted by Crippen LogP contribution is 2.32. The second-order valence-electron chi connectivity index (χ2n) is 4.85. The van der Waals surface area contributed by atoms with E-state index >= 15 is 0 Å². The van der Waals surface area contributed by atoms with Gasteiger partial charge in [0.1, 0.15) is 18.1 Å². The molecule has 0 atom stereocenters. The lowest BCUT2D eigenvalue weighted by atomic mass is 10.1. The summed E-state index contributed by atoms with van der Waals surface area (Å²) in [6, 6.07) is 14.7. The largest absolute Gasteiger partial charge is 0.353 e. The molecule has 0 amide bonds. The van der Waals surface area contributed by atoms with Crippen LogP contribution in [-0.2, 0) is 6.54 Å². The van der Waals surface area contributed by atoms with Gasteiger partial charge in [-0.05, 0) is 36.4 Å². The van der Waals surface area contributed by atoms with E-state index in [4.69, 9.17) is 4.98 Å². The summed E-state index contributed by atoms with van der Waals surface area (Å²) in [5.41, 5.74) is 8.07. The van der Waals surface area contributed by atoms with Crippen molar-refractivity contribution in [1.82, 2.24) is 9.38 Å². The molecule has 21 heavy (non-hydrogen) atoms. The Kier molecular flexibility index (Phi) is 2.77. The van der Waals surface area contributed by atoms with Crippen LogP contribution in [0.2, 0.25) is 0 Å². The van der Waals surface area contributed by atoms with E-state index in [0.29, 0.717) is 6.54 Å². The molecular formula is C16H13FN3S+. The standard InChI is InChI=1S/C16H12FN3S/c17-11-7-5-10(6-8-11)15-13(9-18)20-12-3-1-2-4-14(12)21-16(20)19-15/h1-8H,9,18H2/p+1. The van der Waals surface area contributed by atoms with Crippen LogP contribution in [0.3, 0.4) is 0 Å². The quantitative estimate of drug-likeness (QED) is 0.607. The summed E-state index contributed by atoms with van der Waals surface area (Å²) in [7, 11) is 0. The highest BCUT2D eigenvalue weighted by molar-refractivity contribution is 7.23. The molecule has 5 heteroatoms. The van der Waals surface area contributed by atoms with E-state index < -0.39 is 0 Å². The Hall–Kier alpha value is -2.24. The van der Waals surface area contributed by atoms with Gasteiger partial charge in [0.15, 0.2) is 4.96 Å². The fourth-order valence-electron chi connectivity index (χ4n) is 2.64. The van der Waals surface area contributed by atoms with Gasteiger partial charge in [0.05, 0.1) is 15.9 Å². The highest BCUT2D eigenvalue weighted by Gasteiger charge is 2.18. The predicted molar refractivity (Wildman–Crippen MR) is 82.6 cm³/mol. The van der Waals surface area contributed by atoms with E-state index in [1.165, 1.54) is 16.8 Å². The third kappa shape index (κ3) is 1.86. The summed E-state index contributed by atoms with van der Waals surface area (Å²) in [4.78, 5) is 5.69. The number of imidazole rings is 1. The van der Waals surface area contributed by atoms with Crippen LogP contribution >= 0.6 is 11.3 Å². The second kappa shape index (κ2) is 4.65. The molecule has 0 saturated heterocycles. The van der Waals surface area contributed by atoms with Crippen LogP contribution in [0.1, 0.15) is 5.69 Å². The number of fused-ring (bicyclic) bond motifs is 3. The van der Waals surface area contributed by atoms with E-state index in [1.54, 1.807) is 23.5 Å². The molecule has 2 heterocycles. The fourth-order valence-corrected chi connectivity index (χ4v) is 3.69. The molecule has 0 aliphatic rings. The van der Waals surface area contributed by atoms with E-state index in [1.807, 2.05) is 12.1 Å². The Balaban J connectivity index is 2.04. The van der Waals surface area contributed by atoms with Crippen molar-refractivity contribution in [2.45, 2.75) is 6.54 Å². The molecule has 0 spiro atoms. The van der Waals surface area contributed by atoms with Gasteiger partial charge in [0, 0.05) is 5.56 Å². The molecule has 0 bridgehead atoms. The first-order valence-electron chi connectivity index (χ1n) is 6.72. The zero-order valence-electron chi connectivity index (χ0n) is 11.2. The molecule has 4 aromatic rings. The van der Waals surface area contributed by atoms with Gasteiger partial charge in [-0.3, -0.25) is 4.40 Å². The number of quaternary nitrogens is 1. The average Bonchev–Trinajstić information content (AvgIpc) is 3.03. The van der Waals surface area contributed by atoms with E-state index in [2.05, 4.69) is 22.3 Å². The van der Waals surface area contributed by atoms with Gasteiger partial charge < -0.3 is 5.73 Å². The first kappa shape index (κ1) is 12.5. The number of para-hydroxylation sites is 1. The number of halogens is 1. The molecule has 0 aliphatic carbocycles. The number of thiazole rings is 1. The van der Waals surface area contributed by atoms with Crippen LogP contribution < -0.4 is 5.73 Å². The maximum absolute atomic E-state index is 13.1. The van der Waals surface area contributed by atoms with Gasteiger partial charge in [-0.1, -0.05) is 23.5 Å². The van der Waals surface area contributed by atoms with Crippen molar-refractivity contribution in [2.24, 2.45) is 0 Å². The fraction of sp³-hybridized carbons (Fsp3) is 0.0625. The van der Waals surface area contributed by atoms with Crippen LogP contribution in [-0.4, -0.2) is 9.38 Å². The summed E-state index contributed by atoms with van der Waals surface area (Å²) in [6.07, 6.45) is 0. The summed E-state index contributed by atoms with van der Waals surface area (Å²) in [5.74, 6) is -0.235. The van der Waals surface area contributed by atoms with Crippen LogP contribution in [0.15, 0.2) is 48.5 Å². The summed E-state index contributed by atoms with van der Waals surface area (Å²) in [5, 5.41) is 0. The number of nitrogens with zero attached hydrogens (tertiary/aromatic N) is 2. The molecule has 4 rings (SSSR count). The van der Waals surface area contributed by atoms with Gasteiger partial charge in [-0.15, -0.1) is 0 Å². The van der Waals surface area contributed by atoms with Crippen LogP contribution in [0, 0.1) is 5.82 Å². The smallest absolute Gasteiger partial charge is 0.195 e. The summed E-state index contributed by atoms with van der Waals surface area (Å²) < 4.78 is 16.5. The van der Waals surface area contributed by atoms with Crippen LogP contribution in [0.5, 0.6) is 0 Å². The number of rotatable bonds is 2. The van der Waals surface area contributed by atoms with E-state index in [0.717, 1.165) is 27.4 Å². The Bertz CT molecular complexity index is 937. The minimum absolute atomic E-state index is 0.235. The van der Waals surface area contributed by atoms with Crippen molar-refractivity contribution in [3.8, 4) is 11.3 Å². The highest BCUT2D eigenvalue weighted by atomic mass is 32.1. The monoisotopic (exact) mass is 298 g/mol. The van der Waals surface area contributed by atoms with Gasteiger partial charge >= 0.3 is 0 Å². The molecule has 2 aromatic heterocycles. The molecule has 3 nitrogen and oxygen atoms in total. The lowest BCUT2D eigenvalue weighted by Crippen LogP contribution is -2.48. The molecule has 3 N–H and O–H groups in total. The van der Waals surface area contributed by atoms with Gasteiger partial charge in [-0.25, -0.2) is 9.37 Å². The van der Waals surface area contributed by atoms with Crippen molar-refractivity contribution < 1.29 is 10.1 Å². The van der Waals surface area contributed by atoms with Crippen molar-refractivity contribution in [2.75, 3.05) is 0 Å². The zero-order valence-corrected chi connectivity index (χ0v) is 12.0. The number of hydrogen-bond acceptors (Lipinski definition) is 2. The Labute approximate surface area is 124 Å². The summed E-state index contributed by atoms with van der Waals surface area (Å²) >= 11 is 1.66. The maximum Gasteiger partial charge on any atom is 0.195 e. The maximum atomic E-state index is 13.1. The first-order chi connectivity index (χ1) is 10.3. The number of aromatic nitrogens is 2. The molecule has 2 aromatic carbocycles. The second-order valence-corrected chi connectivity index (χ2v) is 5.86. The molecule has 104 valence electrons.